The molecule has 1 heterocycles. The zero-order chi connectivity index (χ0) is 10.9. The Hall–Kier alpha value is -0.720. The second-order valence-electron chi connectivity index (χ2n) is 3.07. The molecule has 1 aromatic heterocycles. The minimum atomic E-state index is -3.42. The first kappa shape index (κ1) is 10.8. The number of benzene rings is 1. The van der Waals surface area contributed by atoms with Crippen LogP contribution < -0.4 is 0 Å². The van der Waals surface area contributed by atoms with Crippen molar-refractivity contribution >= 4 is 41.5 Å². The van der Waals surface area contributed by atoms with Crippen molar-refractivity contribution in [2.75, 3.05) is 5.75 Å². The van der Waals surface area contributed by atoms with E-state index in [0.29, 0.717) is 6.42 Å². The third-order valence-corrected chi connectivity index (χ3v) is 3.79. The third-order valence-electron chi connectivity index (χ3n) is 1.95. The van der Waals surface area contributed by atoms with Crippen LogP contribution >= 0.6 is 22.2 Å². The first-order valence-corrected chi connectivity index (χ1v) is 7.43. The maximum Gasteiger partial charge on any atom is 0.232 e. The Morgan fingerprint density at radius 1 is 1.40 bits per heavy atom. The zero-order valence-corrected chi connectivity index (χ0v) is 9.94. The van der Waals surface area contributed by atoms with Gasteiger partial charge in [0.05, 0.1) is 10.5 Å². The lowest BCUT2D eigenvalue weighted by molar-refractivity contribution is 0.609. The summed E-state index contributed by atoms with van der Waals surface area (Å²) < 4.78 is 26.3. The minimum Gasteiger partial charge on any atom is -0.212 e. The van der Waals surface area contributed by atoms with Gasteiger partial charge in [-0.1, -0.05) is 10.6 Å². The predicted octanol–water partition coefficient (Wildman–Crippen LogP) is 1.80. The van der Waals surface area contributed by atoms with Crippen LogP contribution in [-0.4, -0.2) is 23.8 Å². The van der Waals surface area contributed by atoms with E-state index in [4.69, 9.17) is 10.7 Å². The fourth-order valence-electron chi connectivity index (χ4n) is 1.22. The largest absolute Gasteiger partial charge is 0.232 e. The molecule has 0 saturated carbocycles. The maximum absolute atomic E-state index is 10.8. The molecule has 4 nitrogen and oxygen atoms in total. The van der Waals surface area contributed by atoms with Crippen molar-refractivity contribution in [2.24, 2.45) is 0 Å². The van der Waals surface area contributed by atoms with Crippen molar-refractivity contribution < 1.29 is 8.42 Å². The van der Waals surface area contributed by atoms with Crippen LogP contribution in [0.5, 0.6) is 0 Å². The molecule has 2 rings (SSSR count). The smallest absolute Gasteiger partial charge is 0.212 e. The van der Waals surface area contributed by atoms with E-state index in [9.17, 15) is 8.42 Å². The molecule has 0 amide bonds. The standard InChI is InChI=1S/C8H7ClN2O2S2/c9-15(12,13)4-3-6-1-2-7-8(5-6)14-11-10-7/h1-2,5H,3-4H2. The second kappa shape index (κ2) is 4.03. The lowest BCUT2D eigenvalue weighted by Crippen LogP contribution is -2.00. The zero-order valence-electron chi connectivity index (χ0n) is 7.55. The Morgan fingerprint density at radius 3 is 2.93 bits per heavy atom. The normalized spacial score (nSPS) is 12.1. The van der Waals surface area contributed by atoms with E-state index in [2.05, 4.69) is 9.59 Å². The molecule has 0 atom stereocenters. The third kappa shape index (κ3) is 2.87. The molecule has 2 aromatic rings. The Balaban J connectivity index is 2.21. The molecule has 15 heavy (non-hydrogen) atoms. The molecular formula is C8H7ClN2O2S2. The number of nitrogens with zero attached hydrogens (tertiary/aromatic N) is 2. The summed E-state index contributed by atoms with van der Waals surface area (Å²) >= 11 is 1.29. The molecule has 80 valence electrons. The summed E-state index contributed by atoms with van der Waals surface area (Å²) in [6.07, 6.45) is 0.416. The van der Waals surface area contributed by atoms with Crippen molar-refractivity contribution in [2.45, 2.75) is 6.42 Å². The minimum absolute atomic E-state index is 0.0493. The van der Waals surface area contributed by atoms with Gasteiger partial charge in [-0.2, -0.15) is 0 Å². The van der Waals surface area contributed by atoms with Gasteiger partial charge >= 0.3 is 0 Å². The number of hydrogen-bond acceptors (Lipinski definition) is 5. The van der Waals surface area contributed by atoms with E-state index in [0.717, 1.165) is 15.8 Å². The predicted molar refractivity (Wildman–Crippen MR) is 60.8 cm³/mol. The highest BCUT2D eigenvalue weighted by atomic mass is 35.7. The highest BCUT2D eigenvalue weighted by Gasteiger charge is 2.06. The van der Waals surface area contributed by atoms with Gasteiger partial charge in [0.25, 0.3) is 0 Å². The van der Waals surface area contributed by atoms with Crippen molar-refractivity contribution in [3.05, 3.63) is 23.8 Å². The SMILES string of the molecule is O=S(=O)(Cl)CCc1ccc2nnsc2c1. The Kier molecular flexibility index (Phi) is 2.90. The van der Waals surface area contributed by atoms with E-state index in [1.807, 2.05) is 18.2 Å². The van der Waals surface area contributed by atoms with Gasteiger partial charge in [-0.3, -0.25) is 0 Å². The molecule has 0 N–H and O–H groups in total. The molecule has 0 saturated heterocycles. The van der Waals surface area contributed by atoms with Crippen LogP contribution in [0.1, 0.15) is 5.56 Å². The van der Waals surface area contributed by atoms with Crippen molar-refractivity contribution in [3.63, 3.8) is 0 Å². The number of halogens is 1. The summed E-state index contributed by atoms with van der Waals surface area (Å²) in [5, 5.41) is 3.89. The van der Waals surface area contributed by atoms with Gasteiger partial charge in [0.2, 0.25) is 9.05 Å². The van der Waals surface area contributed by atoms with E-state index >= 15 is 0 Å². The number of fused-ring (bicyclic) bond motifs is 1. The van der Waals surface area contributed by atoms with Gasteiger partial charge in [0.1, 0.15) is 5.52 Å². The summed E-state index contributed by atoms with van der Waals surface area (Å²) in [4.78, 5) is 0. The van der Waals surface area contributed by atoms with Crippen molar-refractivity contribution in [1.29, 1.82) is 0 Å². The van der Waals surface area contributed by atoms with E-state index in [-0.39, 0.29) is 5.75 Å². The molecule has 0 radical (unpaired) electrons. The summed E-state index contributed by atoms with van der Waals surface area (Å²) in [6.45, 7) is 0. The van der Waals surface area contributed by atoms with Crippen molar-refractivity contribution in [3.8, 4) is 0 Å². The topological polar surface area (TPSA) is 59.9 Å². The van der Waals surface area contributed by atoms with Gasteiger partial charge in [0, 0.05) is 10.7 Å². The van der Waals surface area contributed by atoms with Gasteiger partial charge in [0.15, 0.2) is 0 Å². The van der Waals surface area contributed by atoms with Gasteiger partial charge in [-0.25, -0.2) is 8.42 Å². The van der Waals surface area contributed by atoms with Crippen LogP contribution in [0.4, 0.5) is 0 Å². The number of aryl methyl sites for hydroxylation is 1. The van der Waals surface area contributed by atoms with E-state index in [1.54, 1.807) is 0 Å². The lowest BCUT2D eigenvalue weighted by Gasteiger charge is -1.98. The molecular weight excluding hydrogens is 256 g/mol. The Labute approximate surface area is 95.5 Å². The lowest BCUT2D eigenvalue weighted by atomic mass is 10.2. The molecule has 0 fully saturated rings. The first-order chi connectivity index (χ1) is 7.04. The number of rotatable bonds is 3. The molecule has 0 unspecified atom stereocenters. The fourth-order valence-corrected chi connectivity index (χ4v) is 2.55. The summed E-state index contributed by atoms with van der Waals surface area (Å²) in [5.74, 6) is -0.0493. The van der Waals surface area contributed by atoms with Crippen molar-refractivity contribution in [1.82, 2.24) is 9.59 Å². The van der Waals surface area contributed by atoms with Crippen LogP contribution in [-0.2, 0) is 15.5 Å². The van der Waals surface area contributed by atoms with Gasteiger partial charge in [-0.05, 0) is 35.6 Å². The average molecular weight is 263 g/mol. The Morgan fingerprint density at radius 2 is 2.20 bits per heavy atom. The molecule has 0 aliphatic heterocycles. The van der Waals surface area contributed by atoms with E-state index in [1.165, 1.54) is 11.5 Å². The fraction of sp³-hybridized carbons (Fsp3) is 0.250. The Bertz CT molecular complexity index is 579. The highest BCUT2D eigenvalue weighted by Crippen LogP contribution is 2.17. The van der Waals surface area contributed by atoms with Crippen LogP contribution in [0.25, 0.3) is 10.2 Å². The second-order valence-corrected chi connectivity index (χ2v) is 6.75. The molecule has 7 heteroatoms. The number of aromatic nitrogens is 2. The van der Waals surface area contributed by atoms with Gasteiger partial charge < -0.3 is 0 Å². The summed E-state index contributed by atoms with van der Waals surface area (Å²) in [6, 6.07) is 5.56. The monoisotopic (exact) mass is 262 g/mol. The molecule has 0 spiro atoms. The quantitative estimate of drug-likeness (QED) is 0.792. The maximum atomic E-state index is 10.8. The number of hydrogen-bond donors (Lipinski definition) is 0. The summed E-state index contributed by atoms with van der Waals surface area (Å²) in [7, 11) is 1.71. The van der Waals surface area contributed by atoms with Crippen LogP contribution in [0.15, 0.2) is 18.2 Å². The van der Waals surface area contributed by atoms with E-state index < -0.39 is 9.05 Å². The first-order valence-electron chi connectivity index (χ1n) is 4.18. The molecule has 1 aromatic carbocycles. The van der Waals surface area contributed by atoms with Crippen LogP contribution in [0.3, 0.4) is 0 Å². The molecule has 0 aliphatic carbocycles. The van der Waals surface area contributed by atoms with Crippen LogP contribution in [0.2, 0.25) is 0 Å². The van der Waals surface area contributed by atoms with Crippen LogP contribution in [0, 0.1) is 0 Å². The molecule has 0 aliphatic rings. The highest BCUT2D eigenvalue weighted by molar-refractivity contribution is 8.13. The van der Waals surface area contributed by atoms with Gasteiger partial charge in [-0.15, -0.1) is 5.10 Å². The average Bonchev–Trinajstić information content (AvgIpc) is 2.60. The summed E-state index contributed by atoms with van der Waals surface area (Å²) in [5.41, 5.74) is 1.76. The molecule has 0 bridgehead atoms.